The van der Waals surface area contributed by atoms with Gasteiger partial charge in [0, 0.05) is 12.6 Å². The van der Waals surface area contributed by atoms with E-state index in [0.29, 0.717) is 17.8 Å². The smallest absolute Gasteiger partial charge is 0.314 e. The van der Waals surface area contributed by atoms with E-state index in [-0.39, 0.29) is 12.6 Å². The average molecular weight is 233 g/mol. The van der Waals surface area contributed by atoms with Gasteiger partial charge in [-0.3, -0.25) is 0 Å². The van der Waals surface area contributed by atoms with E-state index in [1.54, 1.807) is 0 Å². The zero-order chi connectivity index (χ0) is 11.8. The molecule has 0 aromatic heterocycles. The normalized spacial score (nSPS) is 34.6. The second kappa shape index (κ2) is 4.40. The molecule has 4 atom stereocenters. The van der Waals surface area contributed by atoms with Crippen molar-refractivity contribution in [2.75, 3.05) is 6.54 Å². The number of halogens is 3. The van der Waals surface area contributed by atoms with Crippen LogP contribution in [0.2, 0.25) is 0 Å². The van der Waals surface area contributed by atoms with Gasteiger partial charge in [0.2, 0.25) is 0 Å². The van der Waals surface area contributed by atoms with E-state index in [1.807, 2.05) is 6.92 Å². The van der Waals surface area contributed by atoms with Gasteiger partial charge in [-0.15, -0.1) is 0 Å². The molecule has 0 amide bonds. The summed E-state index contributed by atoms with van der Waals surface area (Å²) in [5.74, 6) is 1.81. The Morgan fingerprint density at radius 2 is 2.06 bits per heavy atom. The zero-order valence-electron chi connectivity index (χ0n) is 9.43. The molecule has 2 aliphatic rings. The Hall–Kier alpha value is -0.510. The van der Waals surface area contributed by atoms with Crippen molar-refractivity contribution in [3.8, 4) is 0 Å². The Balaban J connectivity index is 1.73. The summed E-state index contributed by atoms with van der Waals surface area (Å²) in [7, 11) is 0. The highest BCUT2D eigenvalue weighted by molar-refractivity contribution is 5.11. The predicted molar refractivity (Wildman–Crippen MR) is 57.0 cm³/mol. The molecule has 1 nitrogen and oxygen atoms in total. The first-order chi connectivity index (χ1) is 7.46. The average Bonchev–Trinajstić information content (AvgIpc) is 2.76. The van der Waals surface area contributed by atoms with Crippen LogP contribution in [-0.2, 0) is 0 Å². The van der Waals surface area contributed by atoms with Gasteiger partial charge in [-0.1, -0.05) is 12.2 Å². The number of hydrogen-bond acceptors (Lipinski definition) is 1. The van der Waals surface area contributed by atoms with Gasteiger partial charge < -0.3 is 5.32 Å². The van der Waals surface area contributed by atoms with Gasteiger partial charge in [-0.25, -0.2) is 0 Å². The maximum absolute atomic E-state index is 12.0. The first-order valence-electron chi connectivity index (χ1n) is 5.94. The molecule has 4 unspecified atom stereocenters. The topological polar surface area (TPSA) is 12.0 Å². The second-order valence-corrected chi connectivity index (χ2v) is 5.05. The van der Waals surface area contributed by atoms with E-state index >= 15 is 0 Å². The van der Waals surface area contributed by atoms with Crippen molar-refractivity contribution in [1.29, 1.82) is 0 Å². The highest BCUT2D eigenvalue weighted by Gasteiger charge is 2.38. The minimum Gasteiger partial charge on any atom is -0.314 e. The van der Waals surface area contributed by atoms with E-state index in [9.17, 15) is 13.2 Å². The van der Waals surface area contributed by atoms with Gasteiger partial charge >= 0.3 is 6.18 Å². The maximum atomic E-state index is 12.0. The first kappa shape index (κ1) is 12.0. The Bertz CT molecular complexity index is 272. The number of rotatable bonds is 4. The van der Waals surface area contributed by atoms with Gasteiger partial charge in [0.25, 0.3) is 0 Å². The fourth-order valence-electron chi connectivity index (χ4n) is 2.99. The van der Waals surface area contributed by atoms with E-state index in [1.165, 1.54) is 6.42 Å². The van der Waals surface area contributed by atoms with E-state index in [4.69, 9.17) is 0 Å². The van der Waals surface area contributed by atoms with E-state index < -0.39 is 12.6 Å². The summed E-state index contributed by atoms with van der Waals surface area (Å²) in [5, 5.41) is 3.01. The number of allylic oxidation sites excluding steroid dienone is 2. The second-order valence-electron chi connectivity index (χ2n) is 5.05. The third kappa shape index (κ3) is 2.78. The largest absolute Gasteiger partial charge is 0.390 e. The molecule has 1 fully saturated rings. The molecule has 0 spiro atoms. The highest BCUT2D eigenvalue weighted by atomic mass is 19.4. The molecular weight excluding hydrogens is 215 g/mol. The summed E-state index contributed by atoms with van der Waals surface area (Å²) in [6.07, 6.45) is 2.07. The molecule has 0 aliphatic heterocycles. The zero-order valence-corrected chi connectivity index (χ0v) is 9.43. The van der Waals surface area contributed by atoms with E-state index in [0.717, 1.165) is 6.42 Å². The van der Waals surface area contributed by atoms with Crippen molar-refractivity contribution < 1.29 is 13.2 Å². The molecule has 16 heavy (non-hydrogen) atoms. The summed E-state index contributed by atoms with van der Waals surface area (Å²) in [4.78, 5) is 0. The van der Waals surface area contributed by atoms with Crippen LogP contribution in [0.4, 0.5) is 13.2 Å². The minimum absolute atomic E-state index is 0.0439. The first-order valence-corrected chi connectivity index (χ1v) is 5.94. The van der Waals surface area contributed by atoms with Crippen molar-refractivity contribution in [2.45, 2.75) is 38.4 Å². The molecule has 0 heterocycles. The van der Waals surface area contributed by atoms with Gasteiger partial charge in [-0.2, -0.15) is 13.2 Å². The summed E-state index contributed by atoms with van der Waals surface area (Å²) in [5.41, 5.74) is 0. The predicted octanol–water partition coefficient (Wildman–Crippen LogP) is 3.13. The molecule has 1 saturated carbocycles. The van der Waals surface area contributed by atoms with Crippen LogP contribution >= 0.6 is 0 Å². The molecule has 0 saturated heterocycles. The quantitative estimate of drug-likeness (QED) is 0.736. The molecule has 1 N–H and O–H groups in total. The number of hydrogen-bond donors (Lipinski definition) is 1. The van der Waals surface area contributed by atoms with Crippen LogP contribution in [0.25, 0.3) is 0 Å². The van der Waals surface area contributed by atoms with Crippen LogP contribution < -0.4 is 5.32 Å². The van der Waals surface area contributed by atoms with Crippen LogP contribution in [0.3, 0.4) is 0 Å². The molecule has 92 valence electrons. The third-order valence-electron chi connectivity index (χ3n) is 3.85. The monoisotopic (exact) mass is 233 g/mol. The summed E-state index contributed by atoms with van der Waals surface area (Å²) in [6, 6.07) is 0.197. The summed E-state index contributed by atoms with van der Waals surface area (Å²) >= 11 is 0. The van der Waals surface area contributed by atoms with Crippen molar-refractivity contribution >= 4 is 0 Å². The van der Waals surface area contributed by atoms with Gasteiger partial charge in [0.15, 0.2) is 0 Å². The Morgan fingerprint density at radius 3 is 2.56 bits per heavy atom. The standard InChI is InChI=1S/C12H18F3N/c1-8(16-5-4-12(13,14)15)11-7-9-2-3-10(11)6-9/h2-3,8-11,16H,4-7H2,1H3. The lowest BCUT2D eigenvalue weighted by Gasteiger charge is -2.26. The van der Waals surface area contributed by atoms with Gasteiger partial charge in [0.05, 0.1) is 6.42 Å². The fourth-order valence-corrected chi connectivity index (χ4v) is 2.99. The Morgan fingerprint density at radius 1 is 1.31 bits per heavy atom. The Labute approximate surface area is 94.1 Å². The SMILES string of the molecule is CC(NCCC(F)(F)F)C1CC2C=CC1C2. The van der Waals surface area contributed by atoms with E-state index in [2.05, 4.69) is 17.5 Å². The molecule has 0 radical (unpaired) electrons. The van der Waals surface area contributed by atoms with Crippen LogP contribution in [0.15, 0.2) is 12.2 Å². The summed E-state index contributed by atoms with van der Waals surface area (Å²) < 4.78 is 35.9. The molecule has 0 aromatic rings. The number of alkyl halides is 3. The lowest BCUT2D eigenvalue weighted by Crippen LogP contribution is -2.37. The molecule has 2 rings (SSSR count). The van der Waals surface area contributed by atoms with Gasteiger partial charge in [0.1, 0.15) is 0 Å². The number of fused-ring (bicyclic) bond motifs is 2. The lowest BCUT2D eigenvalue weighted by atomic mass is 9.87. The summed E-state index contributed by atoms with van der Waals surface area (Å²) in [6.45, 7) is 2.05. The third-order valence-corrected chi connectivity index (χ3v) is 3.85. The van der Waals surface area contributed by atoms with Crippen LogP contribution in [0, 0.1) is 17.8 Å². The van der Waals surface area contributed by atoms with Crippen LogP contribution in [0.5, 0.6) is 0 Å². The van der Waals surface area contributed by atoms with Crippen molar-refractivity contribution in [3.63, 3.8) is 0 Å². The number of nitrogens with one attached hydrogen (secondary N) is 1. The molecular formula is C12H18F3N. The lowest BCUT2D eigenvalue weighted by molar-refractivity contribution is -0.133. The van der Waals surface area contributed by atoms with Crippen molar-refractivity contribution in [2.24, 2.45) is 17.8 Å². The molecule has 0 aromatic carbocycles. The molecule has 2 bridgehead atoms. The van der Waals surface area contributed by atoms with Crippen molar-refractivity contribution in [3.05, 3.63) is 12.2 Å². The Kier molecular flexibility index (Phi) is 3.29. The molecule has 2 aliphatic carbocycles. The van der Waals surface area contributed by atoms with Crippen LogP contribution in [-0.4, -0.2) is 18.8 Å². The van der Waals surface area contributed by atoms with Crippen LogP contribution in [0.1, 0.15) is 26.2 Å². The highest BCUT2D eigenvalue weighted by Crippen LogP contribution is 2.44. The molecule has 4 heteroatoms. The van der Waals surface area contributed by atoms with Crippen molar-refractivity contribution in [1.82, 2.24) is 5.32 Å². The minimum atomic E-state index is -4.04. The fraction of sp³-hybridized carbons (Fsp3) is 0.833. The maximum Gasteiger partial charge on any atom is 0.390 e. The van der Waals surface area contributed by atoms with Gasteiger partial charge in [-0.05, 0) is 37.5 Å².